The van der Waals surface area contributed by atoms with Gasteiger partial charge in [0, 0.05) is 21.2 Å². The Hall–Kier alpha value is -2.79. The van der Waals surface area contributed by atoms with Gasteiger partial charge in [-0.05, 0) is 54.1 Å². The van der Waals surface area contributed by atoms with Crippen LogP contribution in [0.25, 0.3) is 31.4 Å². The molecule has 0 aliphatic carbocycles. The standard InChI is InChI=1S/C17H11NO3S/c19-10-3-1-9(2-4-10)15-8-13-12-7-11(20)5-6-14(12)18-17(21)16(13)22-15/h1-8,19-20H,(H,18,21). The Morgan fingerprint density at radius 2 is 1.59 bits per heavy atom. The number of thiophene rings is 1. The summed E-state index contributed by atoms with van der Waals surface area (Å²) in [7, 11) is 0. The first-order valence-corrected chi connectivity index (χ1v) is 7.51. The molecular formula is C17H11NO3S. The first kappa shape index (κ1) is 12.9. The second-order valence-electron chi connectivity index (χ2n) is 5.08. The monoisotopic (exact) mass is 309 g/mol. The van der Waals surface area contributed by atoms with Crippen molar-refractivity contribution in [1.82, 2.24) is 4.98 Å². The van der Waals surface area contributed by atoms with Gasteiger partial charge in [0.1, 0.15) is 16.2 Å². The molecule has 2 aromatic carbocycles. The minimum Gasteiger partial charge on any atom is -0.508 e. The Morgan fingerprint density at radius 3 is 2.36 bits per heavy atom. The number of hydrogen-bond acceptors (Lipinski definition) is 4. The molecule has 0 atom stereocenters. The van der Waals surface area contributed by atoms with Crippen LogP contribution in [-0.4, -0.2) is 15.2 Å². The predicted molar refractivity (Wildman–Crippen MR) is 88.7 cm³/mol. The van der Waals surface area contributed by atoms with Crippen molar-refractivity contribution >= 4 is 32.3 Å². The number of pyridine rings is 1. The SMILES string of the molecule is O=c1[nH]c2ccc(O)cc2c2cc(-c3ccc(O)cc3)sc12. The number of aromatic hydroxyl groups is 2. The van der Waals surface area contributed by atoms with Crippen LogP contribution in [0.15, 0.2) is 53.3 Å². The zero-order valence-corrected chi connectivity index (χ0v) is 12.1. The van der Waals surface area contributed by atoms with E-state index in [2.05, 4.69) is 4.98 Å². The van der Waals surface area contributed by atoms with E-state index in [4.69, 9.17) is 0 Å². The van der Waals surface area contributed by atoms with Gasteiger partial charge in [0.2, 0.25) is 0 Å². The zero-order valence-electron chi connectivity index (χ0n) is 11.3. The lowest BCUT2D eigenvalue weighted by Gasteiger charge is -2.00. The Bertz CT molecular complexity index is 1060. The van der Waals surface area contributed by atoms with Gasteiger partial charge in [0.05, 0.1) is 0 Å². The van der Waals surface area contributed by atoms with Crippen molar-refractivity contribution in [2.45, 2.75) is 0 Å². The summed E-state index contributed by atoms with van der Waals surface area (Å²) in [5, 5.41) is 20.7. The summed E-state index contributed by atoms with van der Waals surface area (Å²) in [4.78, 5) is 16.0. The minimum absolute atomic E-state index is 0.136. The van der Waals surface area contributed by atoms with Gasteiger partial charge in [-0.15, -0.1) is 11.3 Å². The molecule has 0 fully saturated rings. The number of nitrogens with one attached hydrogen (secondary N) is 1. The molecule has 0 radical (unpaired) electrons. The quantitative estimate of drug-likeness (QED) is 0.500. The molecule has 4 nitrogen and oxygen atoms in total. The van der Waals surface area contributed by atoms with Crippen LogP contribution in [-0.2, 0) is 0 Å². The average Bonchev–Trinajstić information content (AvgIpc) is 2.95. The summed E-state index contributed by atoms with van der Waals surface area (Å²) in [5.74, 6) is 0.372. The summed E-state index contributed by atoms with van der Waals surface area (Å²) in [6.45, 7) is 0. The van der Waals surface area contributed by atoms with Gasteiger partial charge in [-0.3, -0.25) is 4.79 Å². The van der Waals surface area contributed by atoms with Crippen LogP contribution >= 0.6 is 11.3 Å². The maximum atomic E-state index is 12.2. The molecule has 22 heavy (non-hydrogen) atoms. The third-order valence-corrected chi connectivity index (χ3v) is 4.81. The Balaban J connectivity index is 2.06. The number of phenols is 2. The lowest BCUT2D eigenvalue weighted by molar-refractivity contribution is 0.475. The van der Waals surface area contributed by atoms with E-state index in [0.717, 1.165) is 21.2 Å². The molecule has 0 aliphatic heterocycles. The van der Waals surface area contributed by atoms with Gasteiger partial charge in [-0.1, -0.05) is 0 Å². The normalized spacial score (nSPS) is 11.3. The Kier molecular flexibility index (Phi) is 2.71. The molecule has 0 unspecified atom stereocenters. The van der Waals surface area contributed by atoms with E-state index in [9.17, 15) is 15.0 Å². The van der Waals surface area contributed by atoms with Crippen molar-refractivity contribution in [2.75, 3.05) is 0 Å². The van der Waals surface area contributed by atoms with E-state index in [-0.39, 0.29) is 17.1 Å². The number of benzene rings is 2. The average molecular weight is 309 g/mol. The van der Waals surface area contributed by atoms with Crippen LogP contribution in [0, 0.1) is 0 Å². The summed E-state index contributed by atoms with van der Waals surface area (Å²) in [6.07, 6.45) is 0. The molecule has 3 N–H and O–H groups in total. The van der Waals surface area contributed by atoms with E-state index >= 15 is 0 Å². The molecule has 2 heterocycles. The van der Waals surface area contributed by atoms with Crippen LogP contribution in [0.1, 0.15) is 0 Å². The molecule has 0 aliphatic rings. The fourth-order valence-electron chi connectivity index (χ4n) is 2.57. The highest BCUT2D eigenvalue weighted by atomic mass is 32.1. The Morgan fingerprint density at radius 1 is 0.864 bits per heavy atom. The zero-order chi connectivity index (χ0) is 15.3. The van der Waals surface area contributed by atoms with Gasteiger partial charge >= 0.3 is 0 Å². The highest BCUT2D eigenvalue weighted by Gasteiger charge is 2.11. The Labute approximate surface area is 128 Å². The molecule has 0 spiro atoms. The molecule has 4 aromatic rings. The maximum absolute atomic E-state index is 12.2. The largest absolute Gasteiger partial charge is 0.508 e. The van der Waals surface area contributed by atoms with Gasteiger partial charge in [-0.2, -0.15) is 0 Å². The molecule has 5 heteroatoms. The van der Waals surface area contributed by atoms with Crippen LogP contribution in [0.5, 0.6) is 11.5 Å². The second kappa shape index (κ2) is 4.61. The fourth-order valence-corrected chi connectivity index (χ4v) is 3.64. The lowest BCUT2D eigenvalue weighted by Crippen LogP contribution is -2.03. The number of phenolic OH excluding ortho intramolecular Hbond substituents is 2. The van der Waals surface area contributed by atoms with Crippen LogP contribution in [0.4, 0.5) is 0 Å². The van der Waals surface area contributed by atoms with Crippen molar-refractivity contribution in [3.05, 3.63) is 58.9 Å². The number of hydrogen-bond donors (Lipinski definition) is 3. The van der Waals surface area contributed by atoms with Crippen molar-refractivity contribution in [3.63, 3.8) is 0 Å². The predicted octanol–water partition coefficient (Wildman–Crippen LogP) is 3.82. The molecule has 0 saturated carbocycles. The van der Waals surface area contributed by atoms with Crippen LogP contribution in [0.2, 0.25) is 0 Å². The number of aromatic amines is 1. The molecule has 0 saturated heterocycles. The van der Waals surface area contributed by atoms with Gasteiger partial charge in [-0.25, -0.2) is 0 Å². The summed E-state index contributed by atoms with van der Waals surface area (Å²) in [6, 6.07) is 13.7. The second-order valence-corrected chi connectivity index (χ2v) is 6.14. The van der Waals surface area contributed by atoms with E-state index in [1.165, 1.54) is 11.3 Å². The lowest BCUT2D eigenvalue weighted by atomic mass is 10.1. The van der Waals surface area contributed by atoms with E-state index in [0.29, 0.717) is 10.2 Å². The molecule has 0 bridgehead atoms. The third-order valence-electron chi connectivity index (χ3n) is 3.63. The smallest absolute Gasteiger partial charge is 0.266 e. The van der Waals surface area contributed by atoms with Crippen LogP contribution < -0.4 is 5.56 Å². The van der Waals surface area contributed by atoms with Crippen molar-refractivity contribution < 1.29 is 10.2 Å². The topological polar surface area (TPSA) is 73.3 Å². The van der Waals surface area contributed by atoms with Crippen molar-refractivity contribution in [3.8, 4) is 21.9 Å². The number of rotatable bonds is 1. The number of aromatic nitrogens is 1. The maximum Gasteiger partial charge on any atom is 0.266 e. The first-order chi connectivity index (χ1) is 10.6. The van der Waals surface area contributed by atoms with Gasteiger partial charge < -0.3 is 15.2 Å². The van der Waals surface area contributed by atoms with Gasteiger partial charge in [0.15, 0.2) is 0 Å². The third kappa shape index (κ3) is 1.95. The molecule has 108 valence electrons. The molecule has 2 aromatic heterocycles. The van der Waals surface area contributed by atoms with Crippen molar-refractivity contribution in [1.29, 1.82) is 0 Å². The molecule has 0 amide bonds. The summed E-state index contributed by atoms with van der Waals surface area (Å²) < 4.78 is 0.626. The minimum atomic E-state index is -0.136. The molecular weight excluding hydrogens is 298 g/mol. The highest BCUT2D eigenvalue weighted by molar-refractivity contribution is 7.22. The fraction of sp³-hybridized carbons (Fsp3) is 0. The number of H-pyrrole nitrogens is 1. The summed E-state index contributed by atoms with van der Waals surface area (Å²) in [5.41, 5.74) is 1.50. The summed E-state index contributed by atoms with van der Waals surface area (Å²) >= 11 is 1.40. The highest BCUT2D eigenvalue weighted by Crippen LogP contribution is 2.36. The first-order valence-electron chi connectivity index (χ1n) is 6.70. The molecule has 4 rings (SSSR count). The van der Waals surface area contributed by atoms with Crippen LogP contribution in [0.3, 0.4) is 0 Å². The van der Waals surface area contributed by atoms with E-state index < -0.39 is 0 Å². The van der Waals surface area contributed by atoms with E-state index in [1.807, 2.05) is 18.2 Å². The number of fused-ring (bicyclic) bond motifs is 3. The van der Waals surface area contributed by atoms with E-state index in [1.54, 1.807) is 30.3 Å². The van der Waals surface area contributed by atoms with Gasteiger partial charge in [0.25, 0.3) is 5.56 Å². The van der Waals surface area contributed by atoms with Crippen molar-refractivity contribution in [2.24, 2.45) is 0 Å².